The predicted octanol–water partition coefficient (Wildman–Crippen LogP) is 4.03. The summed E-state index contributed by atoms with van der Waals surface area (Å²) in [6.07, 6.45) is 4.42. The summed E-state index contributed by atoms with van der Waals surface area (Å²) in [4.78, 5) is 29.9. The van der Waals surface area contributed by atoms with Crippen LogP contribution in [0.25, 0.3) is 0 Å². The summed E-state index contributed by atoms with van der Waals surface area (Å²) in [5.41, 5.74) is 5.69. The summed E-state index contributed by atoms with van der Waals surface area (Å²) in [7, 11) is 2.03. The van der Waals surface area contributed by atoms with Gasteiger partial charge in [-0.25, -0.2) is 0 Å². The number of benzene rings is 2. The van der Waals surface area contributed by atoms with E-state index in [1.807, 2.05) is 24.1 Å². The van der Waals surface area contributed by atoms with Crippen molar-refractivity contribution >= 4 is 17.5 Å². The van der Waals surface area contributed by atoms with E-state index in [1.165, 1.54) is 11.1 Å². The Bertz CT molecular complexity index is 953. The molecule has 152 valence electrons. The molecule has 1 atom stereocenters. The lowest BCUT2D eigenvalue weighted by molar-refractivity contribution is 0.0661. The Labute approximate surface area is 172 Å². The van der Waals surface area contributed by atoms with E-state index in [1.54, 1.807) is 12.1 Å². The molecule has 2 heterocycles. The number of fused-ring (bicyclic) bond motifs is 2. The van der Waals surface area contributed by atoms with Gasteiger partial charge in [-0.05, 0) is 68.0 Å². The van der Waals surface area contributed by atoms with Gasteiger partial charge in [0, 0.05) is 25.7 Å². The minimum absolute atomic E-state index is 0.0892. The lowest BCUT2D eigenvalue weighted by Crippen LogP contribution is -2.53. The Morgan fingerprint density at radius 3 is 2.69 bits per heavy atom. The summed E-state index contributed by atoms with van der Waals surface area (Å²) in [6.45, 7) is 5.46. The van der Waals surface area contributed by atoms with Crippen molar-refractivity contribution in [3.05, 3.63) is 64.2 Å². The summed E-state index contributed by atoms with van der Waals surface area (Å²) in [5, 5.41) is 3.01. The van der Waals surface area contributed by atoms with E-state index >= 15 is 0 Å². The molecule has 2 aromatic carbocycles. The number of nitrogens with zero attached hydrogens (tertiary/aromatic N) is 2. The van der Waals surface area contributed by atoms with Crippen LogP contribution in [0.2, 0.25) is 0 Å². The second-order valence-corrected chi connectivity index (χ2v) is 8.27. The summed E-state index contributed by atoms with van der Waals surface area (Å²) >= 11 is 0. The average molecular weight is 392 g/mol. The largest absolute Gasteiger partial charge is 0.354 e. The van der Waals surface area contributed by atoms with Crippen LogP contribution in [-0.2, 0) is 6.54 Å². The topological polar surface area (TPSA) is 52.7 Å². The van der Waals surface area contributed by atoms with Crippen molar-refractivity contribution in [1.29, 1.82) is 0 Å². The Morgan fingerprint density at radius 1 is 1.07 bits per heavy atom. The van der Waals surface area contributed by atoms with Crippen LogP contribution in [-0.4, -0.2) is 36.5 Å². The molecule has 0 spiro atoms. The molecule has 1 saturated heterocycles. The summed E-state index contributed by atoms with van der Waals surface area (Å²) in [6, 6.07) is 11.7. The lowest BCUT2D eigenvalue weighted by atomic mass is 10.0. The highest BCUT2D eigenvalue weighted by atomic mass is 16.2. The number of amides is 2. The van der Waals surface area contributed by atoms with E-state index in [4.69, 9.17) is 0 Å². The van der Waals surface area contributed by atoms with E-state index < -0.39 is 0 Å². The van der Waals surface area contributed by atoms with E-state index in [0.29, 0.717) is 17.7 Å². The van der Waals surface area contributed by atoms with Gasteiger partial charge in [-0.15, -0.1) is 0 Å². The normalized spacial score (nSPS) is 18.7. The maximum atomic E-state index is 13.0. The van der Waals surface area contributed by atoms with Gasteiger partial charge >= 0.3 is 0 Å². The first-order chi connectivity index (χ1) is 14.0. The summed E-state index contributed by atoms with van der Waals surface area (Å²) < 4.78 is 0. The highest BCUT2D eigenvalue weighted by Gasteiger charge is 2.36. The SMILES string of the molecule is Cc1ccc(CNC(=O)c2ccc3c(c2)N(C)[C@H]2CCCCCN2C3=O)cc1C. The number of anilines is 1. The molecule has 0 saturated carbocycles. The van der Waals surface area contributed by atoms with Crippen LogP contribution in [0.1, 0.15) is 63.1 Å². The smallest absolute Gasteiger partial charge is 0.257 e. The van der Waals surface area contributed by atoms with Gasteiger partial charge < -0.3 is 15.1 Å². The van der Waals surface area contributed by atoms with Crippen molar-refractivity contribution in [1.82, 2.24) is 10.2 Å². The molecule has 29 heavy (non-hydrogen) atoms. The minimum Gasteiger partial charge on any atom is -0.354 e. The second-order valence-electron chi connectivity index (χ2n) is 8.27. The molecule has 1 N–H and O–H groups in total. The zero-order chi connectivity index (χ0) is 20.5. The number of carbonyl (C=O) groups is 2. The fourth-order valence-corrected chi connectivity index (χ4v) is 4.39. The molecular weight excluding hydrogens is 362 g/mol. The number of aryl methyl sites for hydroxylation is 2. The zero-order valence-electron chi connectivity index (χ0n) is 17.5. The van der Waals surface area contributed by atoms with E-state index in [-0.39, 0.29) is 18.0 Å². The number of nitrogens with one attached hydrogen (secondary N) is 1. The first kappa shape index (κ1) is 19.5. The second kappa shape index (κ2) is 7.90. The van der Waals surface area contributed by atoms with E-state index in [9.17, 15) is 9.59 Å². The van der Waals surface area contributed by atoms with Crippen LogP contribution >= 0.6 is 0 Å². The fraction of sp³-hybridized carbons (Fsp3) is 0.417. The third kappa shape index (κ3) is 3.74. The average Bonchev–Trinajstić information content (AvgIpc) is 2.99. The van der Waals surface area contributed by atoms with Gasteiger partial charge in [0.2, 0.25) is 0 Å². The van der Waals surface area contributed by atoms with Gasteiger partial charge in [0.15, 0.2) is 0 Å². The van der Waals surface area contributed by atoms with Gasteiger partial charge in [0.25, 0.3) is 11.8 Å². The van der Waals surface area contributed by atoms with Crippen LogP contribution in [0.4, 0.5) is 5.69 Å². The molecule has 2 aromatic rings. The molecule has 0 unspecified atom stereocenters. The molecule has 2 amide bonds. The molecule has 0 radical (unpaired) electrons. The van der Waals surface area contributed by atoms with E-state index in [2.05, 4.69) is 36.2 Å². The highest BCUT2D eigenvalue weighted by Crippen LogP contribution is 2.34. The third-order valence-corrected chi connectivity index (χ3v) is 6.32. The van der Waals surface area contributed by atoms with Crippen molar-refractivity contribution < 1.29 is 9.59 Å². The van der Waals surface area contributed by atoms with Gasteiger partial charge in [0.1, 0.15) is 6.17 Å². The molecule has 2 aliphatic rings. The first-order valence-corrected chi connectivity index (χ1v) is 10.5. The molecule has 4 rings (SSSR count). The summed E-state index contributed by atoms with van der Waals surface area (Å²) in [5.74, 6) is -0.0257. The molecule has 0 aliphatic carbocycles. The standard InChI is InChI=1S/C24H29N3O2/c1-16-8-9-18(13-17(16)2)15-25-23(28)19-10-11-20-21(14-19)26(3)22-7-5-4-6-12-27(22)24(20)29/h8-11,13-14,22H,4-7,12,15H2,1-3H3,(H,25,28)/t22-/m1/s1. The van der Waals surface area contributed by atoms with Crippen molar-refractivity contribution in [3.63, 3.8) is 0 Å². The maximum Gasteiger partial charge on any atom is 0.257 e. The zero-order valence-corrected chi connectivity index (χ0v) is 17.5. The predicted molar refractivity (Wildman–Crippen MR) is 115 cm³/mol. The van der Waals surface area contributed by atoms with Crippen LogP contribution < -0.4 is 10.2 Å². The monoisotopic (exact) mass is 391 g/mol. The Kier molecular flexibility index (Phi) is 5.31. The van der Waals surface area contributed by atoms with Crippen LogP contribution in [0.5, 0.6) is 0 Å². The Hall–Kier alpha value is -2.82. The Balaban J connectivity index is 1.53. The number of hydrogen-bond donors (Lipinski definition) is 1. The fourth-order valence-electron chi connectivity index (χ4n) is 4.39. The number of hydrogen-bond acceptors (Lipinski definition) is 3. The van der Waals surface area contributed by atoms with Crippen molar-refractivity contribution in [2.24, 2.45) is 0 Å². The molecule has 2 aliphatic heterocycles. The molecule has 5 nitrogen and oxygen atoms in total. The number of carbonyl (C=O) groups excluding carboxylic acids is 2. The Morgan fingerprint density at radius 2 is 1.90 bits per heavy atom. The maximum absolute atomic E-state index is 13.0. The van der Waals surface area contributed by atoms with Crippen molar-refractivity contribution in [2.75, 3.05) is 18.5 Å². The van der Waals surface area contributed by atoms with Crippen LogP contribution in [0.3, 0.4) is 0 Å². The van der Waals surface area contributed by atoms with Crippen LogP contribution in [0.15, 0.2) is 36.4 Å². The quantitative estimate of drug-likeness (QED) is 0.860. The first-order valence-electron chi connectivity index (χ1n) is 10.5. The lowest BCUT2D eigenvalue weighted by Gasteiger charge is -2.43. The molecule has 0 bridgehead atoms. The number of rotatable bonds is 3. The van der Waals surface area contributed by atoms with Gasteiger partial charge in [-0.3, -0.25) is 9.59 Å². The van der Waals surface area contributed by atoms with E-state index in [0.717, 1.165) is 43.5 Å². The third-order valence-electron chi connectivity index (χ3n) is 6.32. The van der Waals surface area contributed by atoms with Crippen molar-refractivity contribution in [3.8, 4) is 0 Å². The molecule has 0 aromatic heterocycles. The molecule has 5 heteroatoms. The van der Waals surface area contributed by atoms with Gasteiger partial charge in [-0.2, -0.15) is 0 Å². The highest BCUT2D eigenvalue weighted by molar-refractivity contribution is 6.04. The van der Waals surface area contributed by atoms with Gasteiger partial charge in [-0.1, -0.05) is 24.6 Å². The van der Waals surface area contributed by atoms with Crippen molar-refractivity contribution in [2.45, 2.75) is 52.2 Å². The minimum atomic E-state index is -0.116. The van der Waals surface area contributed by atoms with Crippen LogP contribution in [0, 0.1) is 13.8 Å². The molecular formula is C24H29N3O2. The molecule has 1 fully saturated rings. The van der Waals surface area contributed by atoms with Gasteiger partial charge in [0.05, 0.1) is 11.3 Å².